The number of benzene rings is 1. The molecule has 1 amide bonds. The van der Waals surface area contributed by atoms with Crippen LogP contribution in [0.3, 0.4) is 0 Å². The van der Waals surface area contributed by atoms with E-state index in [-0.39, 0.29) is 12.5 Å². The molecule has 1 fully saturated rings. The first-order chi connectivity index (χ1) is 9.65. The monoisotopic (exact) mass is 271 g/mol. The van der Waals surface area contributed by atoms with Gasteiger partial charge in [-0.15, -0.1) is 0 Å². The van der Waals surface area contributed by atoms with Crippen molar-refractivity contribution in [1.29, 1.82) is 0 Å². The van der Waals surface area contributed by atoms with Gasteiger partial charge in [-0.05, 0) is 37.0 Å². The summed E-state index contributed by atoms with van der Waals surface area (Å²) >= 11 is 0. The van der Waals surface area contributed by atoms with Crippen LogP contribution >= 0.6 is 0 Å². The average molecular weight is 271 g/mol. The number of amides is 1. The van der Waals surface area contributed by atoms with Crippen molar-refractivity contribution >= 4 is 5.91 Å². The molecule has 2 rings (SSSR count). The van der Waals surface area contributed by atoms with E-state index >= 15 is 0 Å². The third kappa shape index (κ3) is 3.61. The molecule has 3 nitrogen and oxygen atoms in total. The average Bonchev–Trinajstić information content (AvgIpc) is 3.19. The molecule has 1 aliphatic rings. The Bertz CT molecular complexity index is 554. The van der Waals surface area contributed by atoms with Gasteiger partial charge in [-0.25, -0.2) is 0 Å². The second-order valence-corrected chi connectivity index (χ2v) is 5.29. The Morgan fingerprint density at radius 2 is 2.30 bits per heavy atom. The fraction of sp³-hybridized carbons (Fsp3) is 0.471. The largest absolute Gasteiger partial charge is 0.395 e. The fourth-order valence-corrected chi connectivity index (χ4v) is 2.29. The normalized spacial score (nSPS) is 19.9. The van der Waals surface area contributed by atoms with Crippen molar-refractivity contribution in [2.45, 2.75) is 39.2 Å². The SMILES string of the molecule is CCC1CC1NC(=O)c1cc(C#CCCO)ccc1C. The number of aliphatic hydroxyl groups excluding tert-OH is 1. The van der Waals surface area contributed by atoms with Crippen LogP contribution in [0.15, 0.2) is 18.2 Å². The lowest BCUT2D eigenvalue weighted by Gasteiger charge is -2.08. The van der Waals surface area contributed by atoms with Crippen molar-refractivity contribution in [3.05, 3.63) is 34.9 Å². The van der Waals surface area contributed by atoms with Crippen molar-refractivity contribution in [1.82, 2.24) is 5.32 Å². The molecule has 3 heteroatoms. The zero-order chi connectivity index (χ0) is 14.5. The number of aliphatic hydroxyl groups is 1. The van der Waals surface area contributed by atoms with Crippen molar-refractivity contribution in [3.8, 4) is 11.8 Å². The predicted molar refractivity (Wildman–Crippen MR) is 79.4 cm³/mol. The van der Waals surface area contributed by atoms with Gasteiger partial charge in [0.1, 0.15) is 0 Å². The van der Waals surface area contributed by atoms with Gasteiger partial charge in [-0.2, -0.15) is 0 Å². The Hall–Kier alpha value is -1.79. The van der Waals surface area contributed by atoms with E-state index in [0.29, 0.717) is 23.9 Å². The first-order valence-corrected chi connectivity index (χ1v) is 7.17. The lowest BCUT2D eigenvalue weighted by molar-refractivity contribution is 0.0948. The van der Waals surface area contributed by atoms with Gasteiger partial charge in [0.25, 0.3) is 5.91 Å². The van der Waals surface area contributed by atoms with Crippen molar-refractivity contribution in [2.24, 2.45) is 5.92 Å². The molecule has 1 aromatic carbocycles. The van der Waals surface area contributed by atoms with E-state index in [1.165, 1.54) is 0 Å². The highest BCUT2D eigenvalue weighted by atomic mass is 16.2. The molecule has 1 aliphatic carbocycles. The molecule has 0 heterocycles. The van der Waals surface area contributed by atoms with E-state index in [2.05, 4.69) is 24.1 Å². The van der Waals surface area contributed by atoms with E-state index in [1.807, 2.05) is 25.1 Å². The van der Waals surface area contributed by atoms with Crippen LogP contribution in [0.1, 0.15) is 47.7 Å². The van der Waals surface area contributed by atoms with Gasteiger partial charge in [0.2, 0.25) is 0 Å². The quantitative estimate of drug-likeness (QED) is 0.825. The van der Waals surface area contributed by atoms with E-state index in [4.69, 9.17) is 5.11 Å². The number of nitrogens with one attached hydrogen (secondary N) is 1. The summed E-state index contributed by atoms with van der Waals surface area (Å²) < 4.78 is 0. The molecule has 0 radical (unpaired) electrons. The molecule has 1 aromatic rings. The summed E-state index contributed by atoms with van der Waals surface area (Å²) in [4.78, 5) is 12.3. The van der Waals surface area contributed by atoms with E-state index in [9.17, 15) is 4.79 Å². The third-order valence-corrected chi connectivity index (χ3v) is 3.72. The maximum atomic E-state index is 12.3. The lowest BCUT2D eigenvalue weighted by Crippen LogP contribution is -2.27. The van der Waals surface area contributed by atoms with Gasteiger partial charge in [0.15, 0.2) is 0 Å². The highest BCUT2D eigenvalue weighted by Gasteiger charge is 2.36. The maximum absolute atomic E-state index is 12.3. The molecule has 20 heavy (non-hydrogen) atoms. The zero-order valence-electron chi connectivity index (χ0n) is 12.1. The molecule has 0 saturated heterocycles. The molecule has 0 aliphatic heterocycles. The summed E-state index contributed by atoms with van der Waals surface area (Å²) in [5, 5.41) is 11.8. The molecule has 1 saturated carbocycles. The van der Waals surface area contributed by atoms with Gasteiger partial charge in [-0.1, -0.05) is 31.3 Å². The van der Waals surface area contributed by atoms with Gasteiger partial charge in [0, 0.05) is 23.6 Å². The molecule has 2 atom stereocenters. The fourth-order valence-electron chi connectivity index (χ4n) is 2.29. The van der Waals surface area contributed by atoms with E-state index in [1.54, 1.807) is 0 Å². The Morgan fingerprint density at radius 3 is 2.95 bits per heavy atom. The molecule has 0 spiro atoms. The predicted octanol–water partition coefficient (Wildman–Crippen LogP) is 2.26. The van der Waals surface area contributed by atoms with Gasteiger partial charge in [0.05, 0.1) is 6.61 Å². The molecular formula is C17H21NO2. The second kappa shape index (κ2) is 6.58. The van der Waals surface area contributed by atoms with Crippen LogP contribution in [0.2, 0.25) is 0 Å². The summed E-state index contributed by atoms with van der Waals surface area (Å²) in [6.07, 6.45) is 2.67. The molecule has 0 aromatic heterocycles. The number of carbonyl (C=O) groups excluding carboxylic acids is 1. The van der Waals surface area contributed by atoms with Crippen LogP contribution in [0.5, 0.6) is 0 Å². The van der Waals surface area contributed by atoms with Crippen LogP contribution < -0.4 is 5.32 Å². The smallest absolute Gasteiger partial charge is 0.251 e. The highest BCUT2D eigenvalue weighted by Crippen LogP contribution is 2.33. The number of aryl methyl sites for hydroxylation is 1. The standard InChI is InChI=1S/C17H21NO2/c1-3-14-11-16(14)18-17(20)15-10-13(6-4-5-9-19)8-7-12(15)2/h7-8,10,14,16,19H,3,5,9,11H2,1-2H3,(H,18,20). The molecule has 106 valence electrons. The van der Waals surface area contributed by atoms with E-state index < -0.39 is 0 Å². The van der Waals surface area contributed by atoms with Crippen molar-refractivity contribution in [2.75, 3.05) is 6.61 Å². The summed E-state index contributed by atoms with van der Waals surface area (Å²) in [5.41, 5.74) is 2.48. The third-order valence-electron chi connectivity index (χ3n) is 3.72. The number of rotatable bonds is 4. The van der Waals surface area contributed by atoms with Gasteiger partial charge < -0.3 is 10.4 Å². The highest BCUT2D eigenvalue weighted by molar-refractivity contribution is 5.96. The topological polar surface area (TPSA) is 49.3 Å². The van der Waals surface area contributed by atoms with Crippen LogP contribution in [0.25, 0.3) is 0 Å². The number of hydrogen-bond donors (Lipinski definition) is 2. The van der Waals surface area contributed by atoms with Crippen LogP contribution in [0.4, 0.5) is 0 Å². The van der Waals surface area contributed by atoms with Crippen molar-refractivity contribution < 1.29 is 9.90 Å². The summed E-state index contributed by atoms with van der Waals surface area (Å²) in [7, 11) is 0. The van der Waals surface area contributed by atoms with Crippen molar-refractivity contribution in [3.63, 3.8) is 0 Å². The Kier molecular flexibility index (Phi) is 4.81. The molecule has 2 unspecified atom stereocenters. The van der Waals surface area contributed by atoms with Crippen LogP contribution in [0, 0.1) is 24.7 Å². The molecule has 0 bridgehead atoms. The summed E-state index contributed by atoms with van der Waals surface area (Å²) in [6, 6.07) is 6.00. The summed E-state index contributed by atoms with van der Waals surface area (Å²) in [6.45, 7) is 4.15. The van der Waals surface area contributed by atoms with Crippen LogP contribution in [-0.4, -0.2) is 23.7 Å². The number of hydrogen-bond acceptors (Lipinski definition) is 2. The minimum absolute atomic E-state index is 0.00532. The minimum Gasteiger partial charge on any atom is -0.395 e. The first kappa shape index (κ1) is 14.6. The second-order valence-electron chi connectivity index (χ2n) is 5.29. The summed E-state index contributed by atoms with van der Waals surface area (Å²) in [5.74, 6) is 6.48. The Labute approximate surface area is 120 Å². The van der Waals surface area contributed by atoms with Crippen LogP contribution in [-0.2, 0) is 0 Å². The molecular weight excluding hydrogens is 250 g/mol. The van der Waals surface area contributed by atoms with Gasteiger partial charge >= 0.3 is 0 Å². The minimum atomic E-state index is -0.00532. The molecule has 2 N–H and O–H groups in total. The van der Waals surface area contributed by atoms with Gasteiger partial charge in [-0.3, -0.25) is 4.79 Å². The number of carbonyl (C=O) groups is 1. The lowest BCUT2D eigenvalue weighted by atomic mass is 10.0. The Balaban J connectivity index is 2.08. The maximum Gasteiger partial charge on any atom is 0.251 e. The van der Waals surface area contributed by atoms with E-state index in [0.717, 1.165) is 24.0 Å². The Morgan fingerprint density at radius 1 is 1.50 bits per heavy atom. The first-order valence-electron chi connectivity index (χ1n) is 7.17. The zero-order valence-corrected chi connectivity index (χ0v) is 12.1.